The maximum Gasteiger partial charge on any atom is 0.308 e. The van der Waals surface area contributed by atoms with Gasteiger partial charge in [0, 0.05) is 6.42 Å². The standard InChI is InChI=1S/C8H14O3/c1-7(2)8(10)11-6-4-3-5-9/h5,7H,3-4,6H2,1-2H3. The average Bonchev–Trinajstić information content (AvgIpc) is 1.97. The van der Waals surface area contributed by atoms with Crippen molar-refractivity contribution in [2.75, 3.05) is 6.61 Å². The Kier molecular flexibility index (Phi) is 5.43. The van der Waals surface area contributed by atoms with Crippen molar-refractivity contribution in [3.05, 3.63) is 0 Å². The molecule has 0 N–H and O–H groups in total. The first-order valence-corrected chi connectivity index (χ1v) is 3.78. The largest absolute Gasteiger partial charge is 0.465 e. The molecule has 64 valence electrons. The third-order valence-electron chi connectivity index (χ3n) is 1.18. The molecule has 3 nitrogen and oxygen atoms in total. The minimum Gasteiger partial charge on any atom is -0.465 e. The molecular formula is C8H14O3. The molecule has 0 aromatic rings. The lowest BCUT2D eigenvalue weighted by molar-refractivity contribution is -0.147. The molecule has 0 aliphatic carbocycles. The van der Waals surface area contributed by atoms with E-state index in [1.807, 2.05) is 0 Å². The van der Waals surface area contributed by atoms with E-state index in [-0.39, 0.29) is 11.9 Å². The van der Waals surface area contributed by atoms with Gasteiger partial charge in [-0.25, -0.2) is 0 Å². The van der Waals surface area contributed by atoms with Crippen molar-refractivity contribution < 1.29 is 14.3 Å². The Morgan fingerprint density at radius 3 is 2.64 bits per heavy atom. The number of esters is 1. The molecule has 0 spiro atoms. The summed E-state index contributed by atoms with van der Waals surface area (Å²) < 4.78 is 4.81. The SMILES string of the molecule is CC(C)C(=O)OCCCC=O. The number of aldehydes is 1. The lowest BCUT2D eigenvalue weighted by Crippen LogP contribution is -2.12. The van der Waals surface area contributed by atoms with Crippen molar-refractivity contribution in [1.29, 1.82) is 0 Å². The van der Waals surface area contributed by atoms with E-state index in [0.29, 0.717) is 19.4 Å². The van der Waals surface area contributed by atoms with Gasteiger partial charge in [-0.15, -0.1) is 0 Å². The van der Waals surface area contributed by atoms with Gasteiger partial charge in [-0.3, -0.25) is 4.79 Å². The van der Waals surface area contributed by atoms with Gasteiger partial charge in [0.15, 0.2) is 0 Å². The molecule has 0 bridgehead atoms. The highest BCUT2D eigenvalue weighted by Crippen LogP contribution is 1.96. The molecule has 0 unspecified atom stereocenters. The van der Waals surface area contributed by atoms with Gasteiger partial charge in [0.2, 0.25) is 0 Å². The molecule has 0 saturated carbocycles. The molecule has 0 atom stereocenters. The Morgan fingerprint density at radius 1 is 1.55 bits per heavy atom. The third kappa shape index (κ3) is 5.58. The first-order valence-electron chi connectivity index (χ1n) is 3.78. The van der Waals surface area contributed by atoms with Gasteiger partial charge >= 0.3 is 5.97 Å². The van der Waals surface area contributed by atoms with E-state index in [2.05, 4.69) is 0 Å². The van der Waals surface area contributed by atoms with E-state index in [1.165, 1.54) is 0 Å². The van der Waals surface area contributed by atoms with Crippen LogP contribution >= 0.6 is 0 Å². The maximum absolute atomic E-state index is 10.8. The summed E-state index contributed by atoms with van der Waals surface area (Å²) >= 11 is 0. The molecule has 11 heavy (non-hydrogen) atoms. The minimum atomic E-state index is -0.198. The number of carbonyl (C=O) groups is 2. The summed E-state index contributed by atoms with van der Waals surface area (Å²) in [6.07, 6.45) is 1.91. The second kappa shape index (κ2) is 5.89. The van der Waals surface area contributed by atoms with Gasteiger partial charge in [0.25, 0.3) is 0 Å². The Hall–Kier alpha value is -0.860. The lowest BCUT2D eigenvalue weighted by atomic mass is 10.2. The molecule has 0 rings (SSSR count). The van der Waals surface area contributed by atoms with E-state index >= 15 is 0 Å². The molecule has 0 aliphatic heterocycles. The summed E-state index contributed by atoms with van der Waals surface area (Å²) in [5.41, 5.74) is 0. The Bertz CT molecular complexity index is 129. The first-order chi connectivity index (χ1) is 5.18. The molecule has 0 amide bonds. The monoisotopic (exact) mass is 158 g/mol. The second-order valence-corrected chi connectivity index (χ2v) is 2.63. The summed E-state index contributed by atoms with van der Waals surface area (Å²) in [7, 11) is 0. The molecule has 0 saturated heterocycles. The number of rotatable bonds is 5. The molecule has 0 aromatic heterocycles. The van der Waals surface area contributed by atoms with Crippen molar-refractivity contribution in [3.8, 4) is 0 Å². The predicted molar refractivity (Wildman–Crippen MR) is 41.1 cm³/mol. The predicted octanol–water partition coefficient (Wildman–Crippen LogP) is 1.16. The van der Waals surface area contributed by atoms with E-state index in [4.69, 9.17) is 4.74 Å². The van der Waals surface area contributed by atoms with Gasteiger partial charge in [0.05, 0.1) is 12.5 Å². The molecule has 0 aliphatic rings. The molecule has 0 aromatic carbocycles. The topological polar surface area (TPSA) is 43.4 Å². The number of ether oxygens (including phenoxy) is 1. The van der Waals surface area contributed by atoms with E-state index in [0.717, 1.165) is 6.29 Å². The third-order valence-corrected chi connectivity index (χ3v) is 1.18. The van der Waals surface area contributed by atoms with Crippen molar-refractivity contribution in [2.24, 2.45) is 5.92 Å². The quantitative estimate of drug-likeness (QED) is 0.342. The van der Waals surface area contributed by atoms with Crippen molar-refractivity contribution in [2.45, 2.75) is 26.7 Å². The minimum absolute atomic E-state index is 0.0776. The summed E-state index contributed by atoms with van der Waals surface area (Å²) in [6.45, 7) is 3.92. The Morgan fingerprint density at radius 2 is 2.18 bits per heavy atom. The molecule has 0 heterocycles. The van der Waals surface area contributed by atoms with Crippen LogP contribution in [-0.2, 0) is 14.3 Å². The fourth-order valence-electron chi connectivity index (χ4n) is 0.506. The highest BCUT2D eigenvalue weighted by atomic mass is 16.5. The van der Waals surface area contributed by atoms with Crippen LogP contribution in [0.25, 0.3) is 0 Å². The fourth-order valence-corrected chi connectivity index (χ4v) is 0.506. The van der Waals surface area contributed by atoms with Gasteiger partial charge in [-0.05, 0) is 6.42 Å². The second-order valence-electron chi connectivity index (χ2n) is 2.63. The lowest BCUT2D eigenvalue weighted by Gasteiger charge is -2.04. The van der Waals surface area contributed by atoms with Crippen LogP contribution in [0.2, 0.25) is 0 Å². The van der Waals surface area contributed by atoms with Gasteiger partial charge in [-0.1, -0.05) is 13.8 Å². The molecule has 3 heteroatoms. The Labute approximate surface area is 66.7 Å². The average molecular weight is 158 g/mol. The number of unbranched alkanes of at least 4 members (excludes halogenated alkanes) is 1. The van der Waals surface area contributed by atoms with Crippen LogP contribution in [-0.4, -0.2) is 18.9 Å². The van der Waals surface area contributed by atoms with E-state index in [1.54, 1.807) is 13.8 Å². The van der Waals surface area contributed by atoms with Crippen LogP contribution in [0.3, 0.4) is 0 Å². The van der Waals surface area contributed by atoms with Crippen molar-refractivity contribution in [1.82, 2.24) is 0 Å². The smallest absolute Gasteiger partial charge is 0.308 e. The number of carbonyl (C=O) groups excluding carboxylic acids is 2. The van der Waals surface area contributed by atoms with Crippen LogP contribution in [0, 0.1) is 5.92 Å². The van der Waals surface area contributed by atoms with Gasteiger partial charge in [0.1, 0.15) is 6.29 Å². The zero-order chi connectivity index (χ0) is 8.69. The Balaban J connectivity index is 3.24. The van der Waals surface area contributed by atoms with Crippen LogP contribution in [0.4, 0.5) is 0 Å². The van der Waals surface area contributed by atoms with Crippen LogP contribution in [0.15, 0.2) is 0 Å². The van der Waals surface area contributed by atoms with Crippen LogP contribution in [0.1, 0.15) is 26.7 Å². The van der Waals surface area contributed by atoms with Crippen molar-refractivity contribution in [3.63, 3.8) is 0 Å². The van der Waals surface area contributed by atoms with Gasteiger partial charge in [-0.2, -0.15) is 0 Å². The van der Waals surface area contributed by atoms with E-state index in [9.17, 15) is 9.59 Å². The van der Waals surface area contributed by atoms with Crippen LogP contribution < -0.4 is 0 Å². The fraction of sp³-hybridized carbons (Fsp3) is 0.750. The maximum atomic E-state index is 10.8. The van der Waals surface area contributed by atoms with Crippen LogP contribution in [0.5, 0.6) is 0 Å². The summed E-state index contributed by atoms with van der Waals surface area (Å²) in [5.74, 6) is -0.276. The number of hydrogen-bond donors (Lipinski definition) is 0. The van der Waals surface area contributed by atoms with E-state index < -0.39 is 0 Å². The summed E-state index contributed by atoms with van der Waals surface area (Å²) in [4.78, 5) is 20.6. The summed E-state index contributed by atoms with van der Waals surface area (Å²) in [6, 6.07) is 0. The molecular weight excluding hydrogens is 144 g/mol. The van der Waals surface area contributed by atoms with Gasteiger partial charge < -0.3 is 9.53 Å². The zero-order valence-corrected chi connectivity index (χ0v) is 7.00. The summed E-state index contributed by atoms with van der Waals surface area (Å²) in [5, 5.41) is 0. The molecule has 0 fully saturated rings. The normalized spacial score (nSPS) is 9.73. The zero-order valence-electron chi connectivity index (χ0n) is 7.00. The highest BCUT2D eigenvalue weighted by Gasteiger charge is 2.06. The highest BCUT2D eigenvalue weighted by molar-refractivity contribution is 5.71. The number of hydrogen-bond acceptors (Lipinski definition) is 3. The molecule has 0 radical (unpaired) electrons. The first kappa shape index (κ1) is 10.1. The van der Waals surface area contributed by atoms with Crippen molar-refractivity contribution >= 4 is 12.3 Å².